The summed E-state index contributed by atoms with van der Waals surface area (Å²) in [6.07, 6.45) is 4.82. The number of pyridine rings is 1. The van der Waals surface area contributed by atoms with Gasteiger partial charge in [-0.05, 0) is 50.7 Å². The summed E-state index contributed by atoms with van der Waals surface area (Å²) < 4.78 is 5.60. The second kappa shape index (κ2) is 7.50. The third-order valence-corrected chi connectivity index (χ3v) is 4.08. The van der Waals surface area contributed by atoms with Gasteiger partial charge in [0, 0.05) is 13.2 Å². The molecule has 0 aromatic carbocycles. The summed E-state index contributed by atoms with van der Waals surface area (Å²) >= 11 is 0. The van der Waals surface area contributed by atoms with Crippen molar-refractivity contribution < 1.29 is 9.84 Å². The fourth-order valence-corrected chi connectivity index (χ4v) is 2.90. The number of nitrogens with zero attached hydrogens (tertiary/aromatic N) is 1. The van der Waals surface area contributed by atoms with E-state index < -0.39 is 0 Å². The molecule has 118 valence electrons. The van der Waals surface area contributed by atoms with Crippen molar-refractivity contribution in [2.24, 2.45) is 11.8 Å². The smallest absolute Gasteiger partial charge is 0.239 e. The van der Waals surface area contributed by atoms with Gasteiger partial charge in [0.15, 0.2) is 0 Å². The molecule has 2 atom stereocenters. The normalized spacial score (nSPS) is 22.3. The molecule has 1 aromatic rings. The van der Waals surface area contributed by atoms with Crippen LogP contribution < -0.4 is 15.8 Å². The summed E-state index contributed by atoms with van der Waals surface area (Å²) in [7, 11) is 0. The van der Waals surface area contributed by atoms with Crippen molar-refractivity contribution in [1.29, 1.82) is 0 Å². The maximum absolute atomic E-state index is 9.46. The van der Waals surface area contributed by atoms with E-state index in [9.17, 15) is 5.11 Å². The van der Waals surface area contributed by atoms with Gasteiger partial charge in [0.2, 0.25) is 5.88 Å². The zero-order valence-corrected chi connectivity index (χ0v) is 13.0. The lowest BCUT2D eigenvalue weighted by Gasteiger charge is -2.30. The fourth-order valence-electron chi connectivity index (χ4n) is 2.90. The Hall–Kier alpha value is -1.49. The summed E-state index contributed by atoms with van der Waals surface area (Å²) in [4.78, 5) is 4.43. The van der Waals surface area contributed by atoms with Crippen LogP contribution in [-0.4, -0.2) is 29.3 Å². The highest BCUT2D eigenvalue weighted by molar-refractivity contribution is 5.53. The van der Waals surface area contributed by atoms with Crippen molar-refractivity contribution in [1.82, 2.24) is 4.98 Å². The molecule has 1 aliphatic carbocycles. The maximum Gasteiger partial charge on any atom is 0.239 e. The molecule has 2 rings (SSSR count). The van der Waals surface area contributed by atoms with Crippen molar-refractivity contribution >= 4 is 11.5 Å². The second-order valence-electron chi connectivity index (χ2n) is 6.13. The van der Waals surface area contributed by atoms with Crippen molar-refractivity contribution in [3.8, 4) is 5.88 Å². The van der Waals surface area contributed by atoms with E-state index in [0.29, 0.717) is 23.4 Å². The Bertz CT molecular complexity index is 451. The first-order valence-electron chi connectivity index (χ1n) is 7.88. The number of nitrogens with one attached hydrogen (secondary N) is 1. The number of nitrogens with two attached hydrogens (primary N) is 1. The number of rotatable bonds is 6. The van der Waals surface area contributed by atoms with E-state index in [0.717, 1.165) is 18.8 Å². The fraction of sp³-hybridized carbons (Fsp3) is 0.688. The highest BCUT2D eigenvalue weighted by Crippen LogP contribution is 2.30. The lowest BCUT2D eigenvalue weighted by molar-refractivity contribution is 0.141. The topological polar surface area (TPSA) is 80.4 Å². The van der Waals surface area contributed by atoms with Gasteiger partial charge >= 0.3 is 0 Å². The molecule has 1 aromatic heterocycles. The minimum atomic E-state index is 0.0483. The zero-order valence-electron chi connectivity index (χ0n) is 13.0. The SMILES string of the molecule is CC(C)Oc1nc(NCC2CCCCC2CO)ccc1N. The quantitative estimate of drug-likeness (QED) is 0.751. The van der Waals surface area contributed by atoms with Crippen LogP contribution >= 0.6 is 0 Å². The number of nitrogen functional groups attached to an aromatic ring is 1. The van der Waals surface area contributed by atoms with Crippen LogP contribution in [0, 0.1) is 11.8 Å². The molecule has 0 radical (unpaired) electrons. The molecular formula is C16H27N3O2. The molecule has 0 amide bonds. The Labute approximate surface area is 126 Å². The van der Waals surface area contributed by atoms with Crippen molar-refractivity contribution in [2.75, 3.05) is 24.2 Å². The van der Waals surface area contributed by atoms with Gasteiger partial charge in [0.25, 0.3) is 0 Å². The third kappa shape index (κ3) is 4.49. The molecule has 21 heavy (non-hydrogen) atoms. The van der Waals surface area contributed by atoms with Crippen LogP contribution in [0.15, 0.2) is 12.1 Å². The van der Waals surface area contributed by atoms with Crippen LogP contribution in [0.2, 0.25) is 0 Å². The highest BCUT2D eigenvalue weighted by Gasteiger charge is 2.24. The van der Waals surface area contributed by atoms with Gasteiger partial charge in [0.05, 0.1) is 11.8 Å². The number of aliphatic hydroxyl groups excluding tert-OH is 1. The minimum absolute atomic E-state index is 0.0483. The molecule has 0 saturated heterocycles. The van der Waals surface area contributed by atoms with E-state index >= 15 is 0 Å². The Morgan fingerprint density at radius 1 is 1.33 bits per heavy atom. The summed E-state index contributed by atoms with van der Waals surface area (Å²) in [5, 5.41) is 12.8. The predicted molar refractivity (Wildman–Crippen MR) is 85.4 cm³/mol. The summed E-state index contributed by atoms with van der Waals surface area (Å²) in [5.41, 5.74) is 6.43. The van der Waals surface area contributed by atoms with E-state index in [-0.39, 0.29) is 12.7 Å². The molecule has 2 unspecified atom stereocenters. The Balaban J connectivity index is 1.96. The first kappa shape index (κ1) is 15.9. The monoisotopic (exact) mass is 293 g/mol. The van der Waals surface area contributed by atoms with Gasteiger partial charge < -0.3 is 20.9 Å². The number of aromatic nitrogens is 1. The summed E-state index contributed by atoms with van der Waals surface area (Å²) in [6.45, 7) is 5.02. The average Bonchev–Trinajstić information content (AvgIpc) is 2.48. The molecule has 4 N–H and O–H groups in total. The lowest BCUT2D eigenvalue weighted by atomic mass is 9.79. The predicted octanol–water partition coefficient (Wildman–Crippen LogP) is 2.66. The third-order valence-electron chi connectivity index (χ3n) is 4.08. The Morgan fingerprint density at radius 3 is 2.71 bits per heavy atom. The molecule has 5 heteroatoms. The first-order chi connectivity index (χ1) is 10.1. The number of ether oxygens (including phenoxy) is 1. The lowest BCUT2D eigenvalue weighted by Crippen LogP contribution is -2.28. The van der Waals surface area contributed by atoms with E-state index in [4.69, 9.17) is 10.5 Å². The van der Waals surface area contributed by atoms with Crippen LogP contribution in [0.1, 0.15) is 39.5 Å². The number of hydrogen-bond acceptors (Lipinski definition) is 5. The first-order valence-corrected chi connectivity index (χ1v) is 7.88. The van der Waals surface area contributed by atoms with E-state index in [1.165, 1.54) is 19.3 Å². The van der Waals surface area contributed by atoms with Crippen molar-refractivity contribution in [3.63, 3.8) is 0 Å². The molecule has 1 aliphatic rings. The molecule has 5 nitrogen and oxygen atoms in total. The maximum atomic E-state index is 9.46. The standard InChI is InChI=1S/C16H27N3O2/c1-11(2)21-16-14(17)7-8-15(19-16)18-9-12-5-3-4-6-13(12)10-20/h7-8,11-13,20H,3-6,9-10,17H2,1-2H3,(H,18,19). The van der Waals surface area contributed by atoms with Gasteiger partial charge in [-0.15, -0.1) is 0 Å². The van der Waals surface area contributed by atoms with Gasteiger partial charge in [0.1, 0.15) is 5.82 Å². The molecule has 1 heterocycles. The van der Waals surface area contributed by atoms with Crippen LogP contribution in [0.25, 0.3) is 0 Å². The van der Waals surface area contributed by atoms with Crippen molar-refractivity contribution in [3.05, 3.63) is 12.1 Å². The number of anilines is 2. The molecular weight excluding hydrogens is 266 g/mol. The molecule has 1 saturated carbocycles. The van der Waals surface area contributed by atoms with Crippen LogP contribution in [0.3, 0.4) is 0 Å². The largest absolute Gasteiger partial charge is 0.473 e. The Morgan fingerprint density at radius 2 is 2.05 bits per heavy atom. The summed E-state index contributed by atoms with van der Waals surface area (Å²) in [5.74, 6) is 2.18. The molecule has 0 aliphatic heterocycles. The van der Waals surface area contributed by atoms with Crippen LogP contribution in [-0.2, 0) is 0 Å². The second-order valence-corrected chi connectivity index (χ2v) is 6.13. The van der Waals surface area contributed by atoms with Gasteiger partial charge in [-0.2, -0.15) is 4.98 Å². The number of aliphatic hydroxyl groups is 1. The number of hydrogen-bond donors (Lipinski definition) is 3. The average molecular weight is 293 g/mol. The Kier molecular flexibility index (Phi) is 5.67. The van der Waals surface area contributed by atoms with Crippen molar-refractivity contribution in [2.45, 2.75) is 45.6 Å². The van der Waals surface area contributed by atoms with E-state index in [1.54, 1.807) is 0 Å². The zero-order chi connectivity index (χ0) is 15.2. The van der Waals surface area contributed by atoms with E-state index in [1.807, 2.05) is 26.0 Å². The van der Waals surface area contributed by atoms with Gasteiger partial charge in [-0.25, -0.2) is 0 Å². The van der Waals surface area contributed by atoms with Crippen LogP contribution in [0.5, 0.6) is 5.88 Å². The minimum Gasteiger partial charge on any atom is -0.473 e. The highest BCUT2D eigenvalue weighted by atomic mass is 16.5. The molecule has 0 spiro atoms. The molecule has 1 fully saturated rings. The molecule has 0 bridgehead atoms. The van der Waals surface area contributed by atoms with Gasteiger partial charge in [-0.3, -0.25) is 0 Å². The van der Waals surface area contributed by atoms with Crippen LogP contribution in [0.4, 0.5) is 11.5 Å². The van der Waals surface area contributed by atoms with Gasteiger partial charge in [-0.1, -0.05) is 12.8 Å². The summed E-state index contributed by atoms with van der Waals surface area (Å²) in [6, 6.07) is 3.69. The van der Waals surface area contributed by atoms with E-state index in [2.05, 4.69) is 10.3 Å².